The maximum absolute atomic E-state index is 12.7. The van der Waals surface area contributed by atoms with E-state index in [-0.39, 0.29) is 5.41 Å². The summed E-state index contributed by atoms with van der Waals surface area (Å²) in [6.45, 7) is 10.3. The molecule has 1 aliphatic rings. The van der Waals surface area contributed by atoms with Crippen molar-refractivity contribution in [2.24, 2.45) is 11.3 Å². The molecule has 1 saturated carbocycles. The largest absolute Gasteiger partial charge is 0.398 e. The minimum Gasteiger partial charge on any atom is -0.398 e. The highest BCUT2D eigenvalue weighted by molar-refractivity contribution is 7.89. The third-order valence-corrected chi connectivity index (χ3v) is 6.65. The highest BCUT2D eigenvalue weighted by atomic mass is 32.2. The molecule has 1 aromatic rings. The van der Waals surface area contributed by atoms with Gasteiger partial charge < -0.3 is 5.73 Å². The number of nitrogens with two attached hydrogens (primary N) is 1. The highest BCUT2D eigenvalue weighted by Crippen LogP contribution is 2.51. The van der Waals surface area contributed by atoms with Crippen LogP contribution in [0, 0.1) is 32.1 Å². The minimum absolute atomic E-state index is 0.144. The molecule has 0 aliphatic heterocycles. The van der Waals surface area contributed by atoms with Crippen LogP contribution in [0.5, 0.6) is 0 Å². The van der Waals surface area contributed by atoms with E-state index in [0.29, 0.717) is 28.6 Å². The Morgan fingerprint density at radius 3 is 2.29 bits per heavy atom. The van der Waals surface area contributed by atoms with E-state index in [0.717, 1.165) is 24.0 Å². The summed E-state index contributed by atoms with van der Waals surface area (Å²) in [6.07, 6.45) is 2.20. The Kier molecular flexibility index (Phi) is 4.10. The Morgan fingerprint density at radius 2 is 1.81 bits per heavy atom. The SMILES string of the molecule is Cc1cc(C)c(S(=O)(=O)NCC2(C(C)C)CC2)c(C)c1N. The predicted molar refractivity (Wildman–Crippen MR) is 86.8 cm³/mol. The predicted octanol–water partition coefficient (Wildman–Crippen LogP) is 2.91. The van der Waals surface area contributed by atoms with Crippen LogP contribution in [0.4, 0.5) is 5.69 Å². The molecule has 1 aliphatic carbocycles. The number of aryl methyl sites for hydroxylation is 2. The number of nitrogens with one attached hydrogen (secondary N) is 1. The third-order valence-electron chi connectivity index (χ3n) is 4.96. The van der Waals surface area contributed by atoms with Gasteiger partial charge >= 0.3 is 0 Å². The van der Waals surface area contributed by atoms with Gasteiger partial charge in [0.2, 0.25) is 10.0 Å². The zero-order valence-electron chi connectivity index (χ0n) is 13.6. The number of hydrogen-bond acceptors (Lipinski definition) is 3. The zero-order valence-corrected chi connectivity index (χ0v) is 14.4. The van der Waals surface area contributed by atoms with Crippen molar-refractivity contribution in [2.45, 2.75) is 52.4 Å². The number of anilines is 1. The highest BCUT2D eigenvalue weighted by Gasteiger charge is 2.45. The van der Waals surface area contributed by atoms with Crippen LogP contribution >= 0.6 is 0 Å². The number of benzene rings is 1. The summed E-state index contributed by atoms with van der Waals surface area (Å²) in [5, 5.41) is 0. The molecule has 21 heavy (non-hydrogen) atoms. The number of rotatable bonds is 5. The standard InChI is InChI=1S/C16H26N2O2S/c1-10(2)16(6-7-16)9-18-21(19,20)15-12(4)8-11(3)14(17)13(15)5/h8,10,18H,6-7,9,17H2,1-5H3. The van der Waals surface area contributed by atoms with Gasteiger partial charge in [0.15, 0.2) is 0 Å². The first-order valence-corrected chi connectivity index (χ1v) is 8.95. The summed E-state index contributed by atoms with van der Waals surface area (Å²) < 4.78 is 28.1. The van der Waals surface area contributed by atoms with Gasteiger partial charge in [0.1, 0.15) is 0 Å². The molecule has 0 radical (unpaired) electrons. The van der Waals surface area contributed by atoms with Crippen molar-refractivity contribution >= 4 is 15.7 Å². The molecule has 0 spiro atoms. The summed E-state index contributed by atoms with van der Waals surface area (Å²) >= 11 is 0. The molecule has 1 aromatic carbocycles. The lowest BCUT2D eigenvalue weighted by Crippen LogP contribution is -2.33. The van der Waals surface area contributed by atoms with Gasteiger partial charge in [-0.05, 0) is 61.6 Å². The fourth-order valence-electron chi connectivity index (χ4n) is 3.03. The van der Waals surface area contributed by atoms with Gasteiger partial charge in [0.05, 0.1) is 4.90 Å². The van der Waals surface area contributed by atoms with Crippen LogP contribution in [0.3, 0.4) is 0 Å². The maximum atomic E-state index is 12.7. The molecule has 0 heterocycles. The van der Waals surface area contributed by atoms with E-state index in [1.165, 1.54) is 0 Å². The smallest absolute Gasteiger partial charge is 0.241 e. The van der Waals surface area contributed by atoms with Crippen LogP contribution < -0.4 is 10.5 Å². The van der Waals surface area contributed by atoms with Crippen LogP contribution in [0.1, 0.15) is 43.4 Å². The van der Waals surface area contributed by atoms with Crippen LogP contribution in [-0.4, -0.2) is 15.0 Å². The molecule has 0 amide bonds. The second-order valence-electron chi connectivity index (χ2n) is 6.72. The zero-order chi connectivity index (χ0) is 16.0. The third kappa shape index (κ3) is 2.94. The molecular weight excluding hydrogens is 284 g/mol. The molecule has 0 atom stereocenters. The summed E-state index contributed by atoms with van der Waals surface area (Å²) in [6, 6.07) is 1.84. The van der Waals surface area contributed by atoms with Gasteiger partial charge in [-0.25, -0.2) is 13.1 Å². The lowest BCUT2D eigenvalue weighted by molar-refractivity contribution is 0.357. The summed E-state index contributed by atoms with van der Waals surface area (Å²) in [5.41, 5.74) is 9.02. The fourth-order valence-corrected chi connectivity index (χ4v) is 4.64. The van der Waals surface area contributed by atoms with E-state index in [1.807, 2.05) is 19.9 Å². The second-order valence-corrected chi connectivity index (χ2v) is 8.42. The van der Waals surface area contributed by atoms with Gasteiger partial charge in [-0.3, -0.25) is 0 Å². The van der Waals surface area contributed by atoms with Crippen LogP contribution in [0.15, 0.2) is 11.0 Å². The van der Waals surface area contributed by atoms with Crippen molar-refractivity contribution in [2.75, 3.05) is 12.3 Å². The lowest BCUT2D eigenvalue weighted by atomic mass is 9.93. The quantitative estimate of drug-likeness (QED) is 0.821. The topological polar surface area (TPSA) is 72.2 Å². The molecule has 0 saturated heterocycles. The molecule has 5 heteroatoms. The lowest BCUT2D eigenvalue weighted by Gasteiger charge is -2.21. The van der Waals surface area contributed by atoms with Gasteiger partial charge in [-0.2, -0.15) is 0 Å². The van der Waals surface area contributed by atoms with Gasteiger partial charge in [-0.15, -0.1) is 0 Å². The van der Waals surface area contributed by atoms with E-state index < -0.39 is 10.0 Å². The van der Waals surface area contributed by atoms with Gasteiger partial charge in [-0.1, -0.05) is 19.9 Å². The Morgan fingerprint density at radius 1 is 1.24 bits per heavy atom. The first-order chi connectivity index (χ1) is 9.61. The summed E-state index contributed by atoms with van der Waals surface area (Å²) in [4.78, 5) is 0.338. The first-order valence-electron chi connectivity index (χ1n) is 7.47. The van der Waals surface area contributed by atoms with Crippen molar-refractivity contribution in [3.05, 3.63) is 22.8 Å². The average Bonchev–Trinajstić information content (AvgIpc) is 3.14. The molecule has 0 unspecified atom stereocenters. The maximum Gasteiger partial charge on any atom is 0.241 e. The van der Waals surface area contributed by atoms with E-state index >= 15 is 0 Å². The number of hydrogen-bond donors (Lipinski definition) is 2. The average molecular weight is 310 g/mol. The Hall–Kier alpha value is -1.07. The molecule has 0 bridgehead atoms. The van der Waals surface area contributed by atoms with E-state index in [2.05, 4.69) is 18.6 Å². The first kappa shape index (κ1) is 16.3. The summed E-state index contributed by atoms with van der Waals surface area (Å²) in [7, 11) is -3.52. The van der Waals surface area contributed by atoms with E-state index in [4.69, 9.17) is 5.73 Å². The second kappa shape index (κ2) is 5.29. The van der Waals surface area contributed by atoms with Crippen LogP contribution in [-0.2, 0) is 10.0 Å². The van der Waals surface area contributed by atoms with Crippen LogP contribution in [0.25, 0.3) is 0 Å². The fraction of sp³-hybridized carbons (Fsp3) is 0.625. The molecule has 0 aromatic heterocycles. The molecule has 3 N–H and O–H groups in total. The van der Waals surface area contributed by atoms with Crippen molar-refractivity contribution in [3.8, 4) is 0 Å². The molecular formula is C16H26N2O2S. The Bertz CT molecular complexity index is 659. The molecule has 1 fully saturated rings. The number of sulfonamides is 1. The normalized spacial score (nSPS) is 17.2. The minimum atomic E-state index is -3.52. The van der Waals surface area contributed by atoms with Crippen molar-refractivity contribution in [1.82, 2.24) is 4.72 Å². The number of nitrogen functional groups attached to an aromatic ring is 1. The van der Waals surface area contributed by atoms with Crippen molar-refractivity contribution < 1.29 is 8.42 Å². The molecule has 118 valence electrons. The van der Waals surface area contributed by atoms with Gasteiger partial charge in [0, 0.05) is 12.2 Å². The molecule has 2 rings (SSSR count). The van der Waals surface area contributed by atoms with Crippen molar-refractivity contribution in [1.29, 1.82) is 0 Å². The summed E-state index contributed by atoms with van der Waals surface area (Å²) in [5.74, 6) is 0.491. The van der Waals surface area contributed by atoms with E-state index in [1.54, 1.807) is 6.92 Å². The van der Waals surface area contributed by atoms with Crippen LogP contribution in [0.2, 0.25) is 0 Å². The Balaban J connectivity index is 2.31. The van der Waals surface area contributed by atoms with E-state index in [9.17, 15) is 8.42 Å². The van der Waals surface area contributed by atoms with Crippen molar-refractivity contribution in [3.63, 3.8) is 0 Å². The molecule has 4 nitrogen and oxygen atoms in total. The Labute approximate surface area is 128 Å². The monoisotopic (exact) mass is 310 g/mol. The van der Waals surface area contributed by atoms with Gasteiger partial charge in [0.25, 0.3) is 0 Å².